The number of carbonyl (C=O) groups is 1. The molecule has 1 N–H and O–H groups in total. The highest BCUT2D eigenvalue weighted by atomic mass is 35.5. The van der Waals surface area contributed by atoms with Gasteiger partial charge in [0.2, 0.25) is 0 Å². The second kappa shape index (κ2) is 12.3. The van der Waals surface area contributed by atoms with Gasteiger partial charge < -0.3 is 10.1 Å². The first kappa shape index (κ1) is 27.5. The molecular weight excluding hydrogens is 543 g/mol. The lowest BCUT2D eigenvalue weighted by Gasteiger charge is -2.25. The number of nitrogens with zero attached hydrogens (tertiary/aromatic N) is 1. The molecule has 196 valence electrons. The summed E-state index contributed by atoms with van der Waals surface area (Å²) in [5, 5.41) is 3.99. The van der Waals surface area contributed by atoms with Crippen LogP contribution in [-0.2, 0) is 27.9 Å². The first-order valence-corrected chi connectivity index (χ1v) is 14.0. The van der Waals surface area contributed by atoms with Crippen molar-refractivity contribution >= 4 is 44.8 Å². The van der Waals surface area contributed by atoms with Crippen LogP contribution in [0.3, 0.4) is 0 Å². The molecule has 6 nitrogen and oxygen atoms in total. The Morgan fingerprint density at radius 2 is 1.34 bits per heavy atom. The van der Waals surface area contributed by atoms with E-state index in [9.17, 15) is 13.2 Å². The molecule has 0 bridgehead atoms. The van der Waals surface area contributed by atoms with E-state index >= 15 is 0 Å². The summed E-state index contributed by atoms with van der Waals surface area (Å²) in [5.41, 5.74) is 3.12. The van der Waals surface area contributed by atoms with Crippen molar-refractivity contribution in [1.82, 2.24) is 5.32 Å². The Labute approximate surface area is 232 Å². The van der Waals surface area contributed by atoms with Gasteiger partial charge in [0.1, 0.15) is 5.75 Å². The molecule has 4 aromatic rings. The third kappa shape index (κ3) is 7.28. The molecule has 0 aromatic heterocycles. The van der Waals surface area contributed by atoms with E-state index in [1.54, 1.807) is 84.9 Å². The Kier molecular flexibility index (Phi) is 8.94. The van der Waals surface area contributed by atoms with Gasteiger partial charge in [-0.2, -0.15) is 0 Å². The molecule has 0 atom stereocenters. The highest BCUT2D eigenvalue weighted by molar-refractivity contribution is 7.92. The molecule has 4 rings (SSSR count). The number of nitrogens with one attached hydrogen (secondary N) is 1. The SMILES string of the molecule is Cc1ccc(S(=O)(=O)N(Cc2ccc(Cl)cc2)c2ccc(OCC(=O)NCc3ccc(Cl)cc3)cc2)cc1. The molecule has 1 amide bonds. The summed E-state index contributed by atoms with van der Waals surface area (Å²) in [4.78, 5) is 12.4. The zero-order chi connectivity index (χ0) is 27.1. The molecule has 0 saturated heterocycles. The molecular formula is C29H26Cl2N2O4S. The predicted octanol–water partition coefficient (Wildman–Crippen LogP) is 6.39. The van der Waals surface area contributed by atoms with Crippen LogP contribution in [0.2, 0.25) is 10.0 Å². The molecule has 0 unspecified atom stereocenters. The van der Waals surface area contributed by atoms with Crippen LogP contribution in [0.1, 0.15) is 16.7 Å². The van der Waals surface area contributed by atoms with Gasteiger partial charge in [0.15, 0.2) is 6.61 Å². The van der Waals surface area contributed by atoms with Gasteiger partial charge in [-0.05, 0) is 78.7 Å². The minimum absolute atomic E-state index is 0.112. The van der Waals surface area contributed by atoms with E-state index in [1.165, 1.54) is 4.31 Å². The minimum atomic E-state index is -3.87. The first-order valence-electron chi connectivity index (χ1n) is 11.8. The molecule has 38 heavy (non-hydrogen) atoms. The van der Waals surface area contributed by atoms with E-state index in [0.717, 1.165) is 16.7 Å². The molecule has 0 heterocycles. The number of benzene rings is 4. The number of ether oxygens (including phenoxy) is 1. The summed E-state index contributed by atoms with van der Waals surface area (Å²) in [5.74, 6) is 0.157. The average molecular weight is 570 g/mol. The van der Waals surface area contributed by atoms with E-state index < -0.39 is 10.0 Å². The highest BCUT2D eigenvalue weighted by Crippen LogP contribution is 2.28. The number of hydrogen-bond acceptors (Lipinski definition) is 4. The second-order valence-corrected chi connectivity index (χ2v) is 11.4. The zero-order valence-electron chi connectivity index (χ0n) is 20.6. The number of amides is 1. The van der Waals surface area contributed by atoms with Crippen molar-refractivity contribution in [2.24, 2.45) is 0 Å². The van der Waals surface area contributed by atoms with Crippen LogP contribution < -0.4 is 14.4 Å². The Morgan fingerprint density at radius 3 is 1.92 bits per heavy atom. The van der Waals surface area contributed by atoms with Crippen LogP contribution in [-0.4, -0.2) is 20.9 Å². The van der Waals surface area contributed by atoms with E-state index in [-0.39, 0.29) is 24.0 Å². The zero-order valence-corrected chi connectivity index (χ0v) is 22.9. The molecule has 0 radical (unpaired) electrons. The Bertz CT molecular complexity index is 1470. The van der Waals surface area contributed by atoms with Gasteiger partial charge in [-0.25, -0.2) is 8.42 Å². The maximum Gasteiger partial charge on any atom is 0.264 e. The van der Waals surface area contributed by atoms with E-state index in [1.807, 2.05) is 19.1 Å². The lowest BCUT2D eigenvalue weighted by atomic mass is 10.2. The number of halogens is 2. The number of carbonyl (C=O) groups excluding carboxylic acids is 1. The van der Waals surface area contributed by atoms with Crippen LogP contribution in [0, 0.1) is 6.92 Å². The quantitative estimate of drug-likeness (QED) is 0.240. The van der Waals surface area contributed by atoms with E-state index in [0.29, 0.717) is 28.0 Å². The van der Waals surface area contributed by atoms with Crippen molar-refractivity contribution in [2.45, 2.75) is 24.9 Å². The van der Waals surface area contributed by atoms with Gasteiger partial charge in [-0.3, -0.25) is 9.10 Å². The molecule has 0 aliphatic heterocycles. The van der Waals surface area contributed by atoms with Crippen molar-refractivity contribution in [3.8, 4) is 5.75 Å². The second-order valence-electron chi connectivity index (χ2n) is 8.64. The maximum absolute atomic E-state index is 13.6. The molecule has 9 heteroatoms. The van der Waals surface area contributed by atoms with Gasteiger partial charge in [0.25, 0.3) is 15.9 Å². The Morgan fingerprint density at radius 1 is 0.789 bits per heavy atom. The van der Waals surface area contributed by atoms with E-state index in [2.05, 4.69) is 5.32 Å². The Hall–Kier alpha value is -3.52. The lowest BCUT2D eigenvalue weighted by molar-refractivity contribution is -0.123. The number of hydrogen-bond donors (Lipinski definition) is 1. The molecule has 0 aliphatic carbocycles. The van der Waals surface area contributed by atoms with Crippen LogP contribution >= 0.6 is 23.2 Å². The van der Waals surface area contributed by atoms with Crippen LogP contribution in [0.25, 0.3) is 0 Å². The summed E-state index contributed by atoms with van der Waals surface area (Å²) in [6.45, 7) is 2.19. The summed E-state index contributed by atoms with van der Waals surface area (Å²) in [7, 11) is -3.87. The summed E-state index contributed by atoms with van der Waals surface area (Å²) < 4.78 is 34.2. The maximum atomic E-state index is 13.6. The van der Waals surface area contributed by atoms with Crippen LogP contribution in [0.4, 0.5) is 5.69 Å². The van der Waals surface area contributed by atoms with Crippen molar-refractivity contribution < 1.29 is 17.9 Å². The fourth-order valence-corrected chi connectivity index (χ4v) is 5.32. The Balaban J connectivity index is 1.47. The predicted molar refractivity (Wildman–Crippen MR) is 151 cm³/mol. The lowest BCUT2D eigenvalue weighted by Crippen LogP contribution is -2.30. The largest absolute Gasteiger partial charge is 0.484 e. The average Bonchev–Trinajstić information content (AvgIpc) is 2.92. The molecule has 0 spiro atoms. The van der Waals surface area contributed by atoms with Gasteiger partial charge in [-0.1, -0.05) is 65.2 Å². The van der Waals surface area contributed by atoms with E-state index in [4.69, 9.17) is 27.9 Å². The minimum Gasteiger partial charge on any atom is -0.484 e. The number of aryl methyl sites for hydroxylation is 1. The van der Waals surface area contributed by atoms with Crippen LogP contribution in [0.15, 0.2) is 102 Å². The van der Waals surface area contributed by atoms with Gasteiger partial charge in [0.05, 0.1) is 17.1 Å². The van der Waals surface area contributed by atoms with Crippen molar-refractivity contribution in [3.63, 3.8) is 0 Å². The topological polar surface area (TPSA) is 75.7 Å². The fourth-order valence-electron chi connectivity index (χ4n) is 3.62. The molecule has 4 aromatic carbocycles. The summed E-state index contributed by atoms with van der Waals surface area (Å²) >= 11 is 11.9. The molecule has 0 fully saturated rings. The first-order chi connectivity index (χ1) is 18.2. The smallest absolute Gasteiger partial charge is 0.264 e. The van der Waals surface area contributed by atoms with Crippen LogP contribution in [0.5, 0.6) is 5.75 Å². The number of sulfonamides is 1. The van der Waals surface area contributed by atoms with Crippen molar-refractivity contribution in [2.75, 3.05) is 10.9 Å². The highest BCUT2D eigenvalue weighted by Gasteiger charge is 2.25. The van der Waals surface area contributed by atoms with Crippen molar-refractivity contribution in [1.29, 1.82) is 0 Å². The van der Waals surface area contributed by atoms with Gasteiger partial charge >= 0.3 is 0 Å². The summed E-state index contributed by atoms with van der Waals surface area (Å²) in [6, 6.07) is 27.5. The molecule has 0 saturated carbocycles. The standard InChI is InChI=1S/C29H26Cl2N2O4S/c1-21-2-16-28(17-3-21)38(35,36)33(19-23-6-10-25(31)11-7-23)26-12-14-27(15-13-26)37-20-29(34)32-18-22-4-8-24(30)9-5-22/h2-17H,18-20H2,1H3,(H,32,34). The monoisotopic (exact) mass is 568 g/mol. The van der Waals surface area contributed by atoms with Gasteiger partial charge in [0, 0.05) is 16.6 Å². The summed E-state index contributed by atoms with van der Waals surface area (Å²) in [6.07, 6.45) is 0. The third-order valence-electron chi connectivity index (χ3n) is 5.75. The number of rotatable bonds is 10. The molecule has 0 aliphatic rings. The van der Waals surface area contributed by atoms with Gasteiger partial charge in [-0.15, -0.1) is 0 Å². The van der Waals surface area contributed by atoms with Crippen molar-refractivity contribution in [3.05, 3.63) is 124 Å². The third-order valence-corrected chi connectivity index (χ3v) is 8.04. The fraction of sp³-hybridized carbons (Fsp3) is 0.138. The normalized spacial score (nSPS) is 11.1. The number of anilines is 1.